The SMILES string of the molecule is CCOCCCNC(=NCc1nnc(C)n1C)N1CCN(C(CC)c2ccccc2)CC1.I. The standard InChI is InChI=1S/C24H39N7O.HI/c1-5-22(21-11-8-7-9-12-21)30-14-16-31(17-15-30)24(25-13-10-18-32-6-2)26-19-23-28-27-20(3)29(23)4;/h7-9,11-12,22H,5-6,10,13-19H2,1-4H3,(H,25,26);1H. The van der Waals surface area contributed by atoms with Gasteiger partial charge in [-0.25, -0.2) is 4.99 Å². The lowest BCUT2D eigenvalue weighted by molar-refractivity contribution is 0.126. The Labute approximate surface area is 215 Å². The van der Waals surface area contributed by atoms with Crippen LogP contribution in [0.25, 0.3) is 0 Å². The van der Waals surface area contributed by atoms with E-state index in [2.05, 4.69) is 62.6 Å². The first-order valence-electron chi connectivity index (χ1n) is 11.9. The number of aryl methyl sites for hydroxylation is 1. The first kappa shape index (κ1) is 27.5. The van der Waals surface area contributed by atoms with Gasteiger partial charge in [-0.3, -0.25) is 4.90 Å². The fourth-order valence-corrected chi connectivity index (χ4v) is 4.15. The number of ether oxygens (including phenoxy) is 1. The molecule has 8 nitrogen and oxygen atoms in total. The second kappa shape index (κ2) is 14.5. The predicted octanol–water partition coefficient (Wildman–Crippen LogP) is 3.38. The van der Waals surface area contributed by atoms with Gasteiger partial charge in [0, 0.05) is 59.0 Å². The Kier molecular flexibility index (Phi) is 12.1. The Balaban J connectivity index is 0.00000385. The zero-order chi connectivity index (χ0) is 22.8. The third kappa shape index (κ3) is 7.92. The minimum Gasteiger partial charge on any atom is -0.382 e. The molecule has 184 valence electrons. The summed E-state index contributed by atoms with van der Waals surface area (Å²) in [6.45, 7) is 13.1. The van der Waals surface area contributed by atoms with Gasteiger partial charge in [0.1, 0.15) is 12.4 Å². The molecule has 0 saturated carbocycles. The molecule has 0 spiro atoms. The molecule has 33 heavy (non-hydrogen) atoms. The van der Waals surface area contributed by atoms with Crippen molar-refractivity contribution in [3.63, 3.8) is 0 Å². The van der Waals surface area contributed by atoms with Crippen molar-refractivity contribution in [3.8, 4) is 0 Å². The van der Waals surface area contributed by atoms with Gasteiger partial charge >= 0.3 is 0 Å². The molecule has 1 aromatic heterocycles. The first-order valence-corrected chi connectivity index (χ1v) is 11.9. The lowest BCUT2D eigenvalue weighted by atomic mass is 10.0. The van der Waals surface area contributed by atoms with Crippen molar-refractivity contribution in [1.82, 2.24) is 29.9 Å². The van der Waals surface area contributed by atoms with Crippen LogP contribution in [-0.4, -0.2) is 76.5 Å². The molecular formula is C24H40IN7O. The Bertz CT molecular complexity index is 835. The highest BCUT2D eigenvalue weighted by Crippen LogP contribution is 2.25. The van der Waals surface area contributed by atoms with Gasteiger partial charge in [0.25, 0.3) is 0 Å². The second-order valence-corrected chi connectivity index (χ2v) is 8.20. The number of benzene rings is 1. The number of piperazine rings is 1. The Morgan fingerprint density at radius 2 is 1.85 bits per heavy atom. The van der Waals surface area contributed by atoms with Crippen LogP contribution in [0, 0.1) is 6.92 Å². The van der Waals surface area contributed by atoms with Crippen LogP contribution in [0.3, 0.4) is 0 Å². The van der Waals surface area contributed by atoms with Gasteiger partial charge in [0.2, 0.25) is 0 Å². The average molecular weight is 570 g/mol. The molecule has 9 heteroatoms. The molecule has 3 rings (SSSR count). The number of aliphatic imine (C=N–C) groups is 1. The smallest absolute Gasteiger partial charge is 0.194 e. The fraction of sp³-hybridized carbons (Fsp3) is 0.625. The van der Waals surface area contributed by atoms with E-state index in [9.17, 15) is 0 Å². The van der Waals surface area contributed by atoms with Crippen molar-refractivity contribution in [2.45, 2.75) is 46.2 Å². The highest BCUT2D eigenvalue weighted by Gasteiger charge is 2.25. The summed E-state index contributed by atoms with van der Waals surface area (Å²) < 4.78 is 7.48. The van der Waals surface area contributed by atoms with Crippen molar-refractivity contribution in [2.24, 2.45) is 12.0 Å². The van der Waals surface area contributed by atoms with E-state index in [1.165, 1.54) is 5.56 Å². The van der Waals surface area contributed by atoms with Gasteiger partial charge in [-0.15, -0.1) is 34.2 Å². The van der Waals surface area contributed by atoms with Crippen LogP contribution >= 0.6 is 24.0 Å². The van der Waals surface area contributed by atoms with Crippen LogP contribution in [0.5, 0.6) is 0 Å². The monoisotopic (exact) mass is 569 g/mol. The molecule has 0 bridgehead atoms. The predicted molar refractivity (Wildman–Crippen MR) is 144 cm³/mol. The summed E-state index contributed by atoms with van der Waals surface area (Å²) in [5, 5.41) is 12.0. The number of nitrogens with one attached hydrogen (secondary N) is 1. The number of guanidine groups is 1. The van der Waals surface area contributed by atoms with E-state index in [-0.39, 0.29) is 24.0 Å². The summed E-state index contributed by atoms with van der Waals surface area (Å²) in [6, 6.07) is 11.3. The maximum absolute atomic E-state index is 5.48. The third-order valence-corrected chi connectivity index (χ3v) is 6.13. The molecule has 0 amide bonds. The molecule has 1 atom stereocenters. The Morgan fingerprint density at radius 1 is 1.12 bits per heavy atom. The normalized spacial score (nSPS) is 15.9. The summed E-state index contributed by atoms with van der Waals surface area (Å²) in [5.41, 5.74) is 1.41. The number of hydrogen-bond donors (Lipinski definition) is 1. The molecular weight excluding hydrogens is 529 g/mol. The Morgan fingerprint density at radius 3 is 2.45 bits per heavy atom. The summed E-state index contributed by atoms with van der Waals surface area (Å²) in [5.74, 6) is 2.74. The van der Waals surface area contributed by atoms with Crippen LogP contribution in [0.4, 0.5) is 0 Å². The number of nitrogens with zero attached hydrogens (tertiary/aromatic N) is 6. The first-order chi connectivity index (χ1) is 15.6. The zero-order valence-electron chi connectivity index (χ0n) is 20.5. The van der Waals surface area contributed by atoms with Gasteiger partial charge in [0.05, 0.1) is 0 Å². The Hall–Kier alpha value is -1.72. The number of rotatable bonds is 10. The third-order valence-electron chi connectivity index (χ3n) is 6.13. The molecule has 0 aliphatic carbocycles. The van der Waals surface area contributed by atoms with Crippen molar-refractivity contribution in [3.05, 3.63) is 47.5 Å². The van der Waals surface area contributed by atoms with E-state index in [0.29, 0.717) is 12.6 Å². The quantitative estimate of drug-likeness (QED) is 0.205. The van der Waals surface area contributed by atoms with E-state index in [1.807, 2.05) is 25.5 Å². The largest absolute Gasteiger partial charge is 0.382 e. The lowest BCUT2D eigenvalue weighted by Crippen LogP contribution is -2.53. The van der Waals surface area contributed by atoms with Crippen LogP contribution in [-0.2, 0) is 18.3 Å². The maximum atomic E-state index is 5.48. The van der Waals surface area contributed by atoms with E-state index in [0.717, 1.165) is 76.4 Å². The molecule has 2 heterocycles. The molecule has 2 aromatic rings. The van der Waals surface area contributed by atoms with Crippen molar-refractivity contribution >= 4 is 29.9 Å². The van der Waals surface area contributed by atoms with E-state index >= 15 is 0 Å². The van der Waals surface area contributed by atoms with Crippen LogP contribution in [0.15, 0.2) is 35.3 Å². The molecule has 1 unspecified atom stereocenters. The molecule has 1 saturated heterocycles. The van der Waals surface area contributed by atoms with E-state index in [4.69, 9.17) is 9.73 Å². The topological polar surface area (TPSA) is 70.8 Å². The van der Waals surface area contributed by atoms with Crippen molar-refractivity contribution in [1.29, 1.82) is 0 Å². The maximum Gasteiger partial charge on any atom is 0.194 e. The van der Waals surface area contributed by atoms with Crippen molar-refractivity contribution < 1.29 is 4.74 Å². The molecule has 1 aliphatic rings. The second-order valence-electron chi connectivity index (χ2n) is 8.20. The minimum atomic E-state index is 0. The molecule has 1 N–H and O–H groups in total. The molecule has 1 fully saturated rings. The van der Waals surface area contributed by atoms with Gasteiger partial charge in [-0.05, 0) is 32.3 Å². The van der Waals surface area contributed by atoms with Gasteiger partial charge in [-0.1, -0.05) is 37.3 Å². The van der Waals surface area contributed by atoms with Gasteiger partial charge in [-0.2, -0.15) is 0 Å². The summed E-state index contributed by atoms with van der Waals surface area (Å²) >= 11 is 0. The van der Waals surface area contributed by atoms with Gasteiger partial charge < -0.3 is 19.5 Å². The highest BCUT2D eigenvalue weighted by atomic mass is 127. The number of hydrogen-bond acceptors (Lipinski definition) is 5. The molecule has 0 radical (unpaired) electrons. The van der Waals surface area contributed by atoms with Gasteiger partial charge in [0.15, 0.2) is 11.8 Å². The van der Waals surface area contributed by atoms with Crippen LogP contribution in [0.2, 0.25) is 0 Å². The fourth-order valence-electron chi connectivity index (χ4n) is 4.15. The lowest BCUT2D eigenvalue weighted by Gasteiger charge is -2.40. The van der Waals surface area contributed by atoms with E-state index < -0.39 is 0 Å². The summed E-state index contributed by atoms with van der Waals surface area (Å²) in [4.78, 5) is 9.88. The average Bonchev–Trinajstić information content (AvgIpc) is 3.15. The zero-order valence-corrected chi connectivity index (χ0v) is 22.9. The van der Waals surface area contributed by atoms with Crippen LogP contribution in [0.1, 0.15) is 49.9 Å². The molecule has 1 aliphatic heterocycles. The molecule has 1 aromatic carbocycles. The number of halogens is 1. The van der Waals surface area contributed by atoms with E-state index in [1.54, 1.807) is 0 Å². The summed E-state index contributed by atoms with van der Waals surface area (Å²) in [6.07, 6.45) is 2.08. The van der Waals surface area contributed by atoms with Crippen LogP contribution < -0.4 is 5.32 Å². The summed E-state index contributed by atoms with van der Waals surface area (Å²) in [7, 11) is 1.99. The van der Waals surface area contributed by atoms with Crippen molar-refractivity contribution in [2.75, 3.05) is 45.9 Å². The highest BCUT2D eigenvalue weighted by molar-refractivity contribution is 14.0. The minimum absolute atomic E-state index is 0. The number of aromatic nitrogens is 3.